The maximum Gasteiger partial charge on any atom is 0.157 e. The molecule has 0 aliphatic heterocycles. The van der Waals surface area contributed by atoms with Crippen LogP contribution in [0.1, 0.15) is 12.5 Å². The molecule has 0 fully saturated rings. The fourth-order valence-corrected chi connectivity index (χ4v) is 1.07. The lowest BCUT2D eigenvalue weighted by atomic mass is 10.2. The Balaban J connectivity index is 2.41. The van der Waals surface area contributed by atoms with Gasteiger partial charge in [0.15, 0.2) is 5.82 Å². The van der Waals surface area contributed by atoms with E-state index in [4.69, 9.17) is 0 Å². The molecule has 0 aliphatic rings. The van der Waals surface area contributed by atoms with E-state index in [0.717, 1.165) is 12.2 Å². The Morgan fingerprint density at radius 3 is 3.08 bits per heavy atom. The number of hydrogen-bond donors (Lipinski definition) is 0. The van der Waals surface area contributed by atoms with Gasteiger partial charge < -0.3 is 0 Å². The van der Waals surface area contributed by atoms with Crippen LogP contribution in [-0.2, 0) is 6.42 Å². The zero-order valence-electron chi connectivity index (χ0n) is 7.25. The van der Waals surface area contributed by atoms with Gasteiger partial charge in [-0.2, -0.15) is 4.68 Å². The van der Waals surface area contributed by atoms with E-state index in [1.807, 2.05) is 12.1 Å². The number of rotatable bonds is 2. The summed E-state index contributed by atoms with van der Waals surface area (Å²) in [5, 5.41) is 10.8. The standard InChI is InChI=1S/C8H9N5/c1-2-7-3-4-9-8(5-7)13-6-10-11-12-13/h3-6H,2H2,1H3. The monoisotopic (exact) mass is 175 g/mol. The summed E-state index contributed by atoms with van der Waals surface area (Å²) >= 11 is 0. The summed E-state index contributed by atoms with van der Waals surface area (Å²) in [6.45, 7) is 2.10. The highest BCUT2D eigenvalue weighted by molar-refractivity contribution is 5.25. The molecule has 0 N–H and O–H groups in total. The first-order chi connectivity index (χ1) is 6.40. The summed E-state index contributed by atoms with van der Waals surface area (Å²) in [6, 6.07) is 3.95. The molecule has 0 aromatic carbocycles. The summed E-state index contributed by atoms with van der Waals surface area (Å²) in [5.74, 6) is 0.754. The van der Waals surface area contributed by atoms with E-state index >= 15 is 0 Å². The molecule has 13 heavy (non-hydrogen) atoms. The quantitative estimate of drug-likeness (QED) is 0.671. The SMILES string of the molecule is CCc1ccnc(-n2cnnn2)c1. The summed E-state index contributed by atoms with van der Waals surface area (Å²) < 4.78 is 1.54. The fraction of sp³-hybridized carbons (Fsp3) is 0.250. The van der Waals surface area contributed by atoms with Crippen molar-refractivity contribution < 1.29 is 0 Å². The van der Waals surface area contributed by atoms with Gasteiger partial charge in [0.25, 0.3) is 0 Å². The average Bonchev–Trinajstić information content (AvgIpc) is 2.71. The molecule has 0 radical (unpaired) electrons. The number of aromatic nitrogens is 5. The number of hydrogen-bond acceptors (Lipinski definition) is 4. The molecule has 2 aromatic rings. The Morgan fingerprint density at radius 2 is 2.38 bits per heavy atom. The van der Waals surface area contributed by atoms with Crippen LogP contribution in [0.15, 0.2) is 24.7 Å². The predicted molar refractivity (Wildman–Crippen MR) is 46.3 cm³/mol. The maximum absolute atomic E-state index is 4.15. The van der Waals surface area contributed by atoms with Gasteiger partial charge in [0, 0.05) is 6.20 Å². The summed E-state index contributed by atoms with van der Waals surface area (Å²) in [4.78, 5) is 4.15. The predicted octanol–water partition coefficient (Wildman–Crippen LogP) is 0.620. The Bertz CT molecular complexity index is 381. The first kappa shape index (κ1) is 7.85. The van der Waals surface area contributed by atoms with E-state index < -0.39 is 0 Å². The van der Waals surface area contributed by atoms with Gasteiger partial charge in [-0.05, 0) is 34.5 Å². The van der Waals surface area contributed by atoms with Gasteiger partial charge in [-0.1, -0.05) is 6.92 Å². The Hall–Kier alpha value is -1.78. The van der Waals surface area contributed by atoms with Crippen molar-refractivity contribution in [1.82, 2.24) is 25.2 Å². The van der Waals surface area contributed by atoms with E-state index in [1.165, 1.54) is 11.9 Å². The second kappa shape index (κ2) is 3.30. The maximum atomic E-state index is 4.15. The number of nitrogens with zero attached hydrogens (tertiary/aromatic N) is 5. The summed E-state index contributed by atoms with van der Waals surface area (Å²) in [5.41, 5.74) is 1.22. The Kier molecular flexibility index (Phi) is 1.99. The van der Waals surface area contributed by atoms with E-state index in [-0.39, 0.29) is 0 Å². The van der Waals surface area contributed by atoms with Crippen LogP contribution in [0.4, 0.5) is 0 Å². The minimum atomic E-state index is 0.754. The van der Waals surface area contributed by atoms with E-state index in [0.29, 0.717) is 0 Å². The molecule has 5 heteroatoms. The molecule has 0 atom stereocenters. The fourth-order valence-electron chi connectivity index (χ4n) is 1.07. The van der Waals surface area contributed by atoms with E-state index in [2.05, 4.69) is 27.4 Å². The van der Waals surface area contributed by atoms with E-state index in [1.54, 1.807) is 10.9 Å². The molecule has 0 bridgehead atoms. The lowest BCUT2D eigenvalue weighted by Crippen LogP contribution is -1.98. The second-order valence-electron chi connectivity index (χ2n) is 2.63. The zero-order valence-corrected chi connectivity index (χ0v) is 7.25. The minimum absolute atomic E-state index is 0.754. The summed E-state index contributed by atoms with van der Waals surface area (Å²) in [6.07, 6.45) is 4.27. The van der Waals surface area contributed by atoms with Crippen molar-refractivity contribution >= 4 is 0 Å². The van der Waals surface area contributed by atoms with Crippen molar-refractivity contribution in [2.45, 2.75) is 13.3 Å². The highest BCUT2D eigenvalue weighted by atomic mass is 15.5. The molecule has 0 aliphatic carbocycles. The molecule has 2 heterocycles. The van der Waals surface area contributed by atoms with Crippen LogP contribution < -0.4 is 0 Å². The van der Waals surface area contributed by atoms with Gasteiger partial charge >= 0.3 is 0 Å². The first-order valence-electron chi connectivity index (χ1n) is 4.08. The molecule has 0 amide bonds. The van der Waals surface area contributed by atoms with Gasteiger partial charge in [-0.3, -0.25) is 0 Å². The van der Waals surface area contributed by atoms with E-state index in [9.17, 15) is 0 Å². The van der Waals surface area contributed by atoms with Gasteiger partial charge in [-0.25, -0.2) is 4.98 Å². The number of tetrazole rings is 1. The molecular formula is C8H9N5. The lowest BCUT2D eigenvalue weighted by molar-refractivity contribution is 0.769. The number of pyridine rings is 1. The van der Waals surface area contributed by atoms with Crippen molar-refractivity contribution in [3.05, 3.63) is 30.2 Å². The normalized spacial score (nSPS) is 10.2. The number of aryl methyl sites for hydroxylation is 1. The first-order valence-corrected chi connectivity index (χ1v) is 4.08. The van der Waals surface area contributed by atoms with Crippen LogP contribution in [0.5, 0.6) is 0 Å². The van der Waals surface area contributed by atoms with Gasteiger partial charge in [0.2, 0.25) is 0 Å². The Labute approximate surface area is 75.4 Å². The molecule has 66 valence electrons. The van der Waals surface area contributed by atoms with Crippen LogP contribution in [0.25, 0.3) is 5.82 Å². The molecule has 0 saturated heterocycles. The van der Waals surface area contributed by atoms with Crippen molar-refractivity contribution in [1.29, 1.82) is 0 Å². The molecule has 0 saturated carbocycles. The molecule has 2 rings (SSSR count). The highest BCUT2D eigenvalue weighted by Crippen LogP contribution is 2.04. The van der Waals surface area contributed by atoms with Crippen LogP contribution >= 0.6 is 0 Å². The van der Waals surface area contributed by atoms with Crippen molar-refractivity contribution in [2.24, 2.45) is 0 Å². The van der Waals surface area contributed by atoms with Crippen molar-refractivity contribution in [2.75, 3.05) is 0 Å². The smallest absolute Gasteiger partial charge is 0.157 e. The zero-order chi connectivity index (χ0) is 9.10. The largest absolute Gasteiger partial charge is 0.237 e. The van der Waals surface area contributed by atoms with Crippen molar-refractivity contribution in [3.63, 3.8) is 0 Å². The van der Waals surface area contributed by atoms with Crippen LogP contribution in [0, 0.1) is 0 Å². The van der Waals surface area contributed by atoms with Crippen LogP contribution in [0.2, 0.25) is 0 Å². The average molecular weight is 175 g/mol. The van der Waals surface area contributed by atoms with Gasteiger partial charge in [-0.15, -0.1) is 5.10 Å². The molecular weight excluding hydrogens is 166 g/mol. The van der Waals surface area contributed by atoms with Gasteiger partial charge in [0.1, 0.15) is 6.33 Å². The highest BCUT2D eigenvalue weighted by Gasteiger charge is 1.98. The second-order valence-corrected chi connectivity index (χ2v) is 2.63. The van der Waals surface area contributed by atoms with Crippen molar-refractivity contribution in [3.8, 4) is 5.82 Å². The topological polar surface area (TPSA) is 56.5 Å². The third kappa shape index (κ3) is 1.53. The molecule has 5 nitrogen and oxygen atoms in total. The van der Waals surface area contributed by atoms with Crippen LogP contribution in [-0.4, -0.2) is 25.2 Å². The Morgan fingerprint density at radius 1 is 1.46 bits per heavy atom. The minimum Gasteiger partial charge on any atom is -0.237 e. The molecule has 2 aromatic heterocycles. The van der Waals surface area contributed by atoms with Crippen LogP contribution in [0.3, 0.4) is 0 Å². The third-order valence-corrected chi connectivity index (χ3v) is 1.80. The third-order valence-electron chi connectivity index (χ3n) is 1.80. The van der Waals surface area contributed by atoms with Gasteiger partial charge in [0.05, 0.1) is 0 Å². The summed E-state index contributed by atoms with van der Waals surface area (Å²) in [7, 11) is 0. The molecule has 0 unspecified atom stereocenters. The lowest BCUT2D eigenvalue weighted by Gasteiger charge is -1.99. The molecule has 0 spiro atoms.